The number of amides is 1. The van der Waals surface area contributed by atoms with Crippen molar-refractivity contribution < 1.29 is 4.79 Å². The summed E-state index contributed by atoms with van der Waals surface area (Å²) < 4.78 is 0. The van der Waals surface area contributed by atoms with E-state index in [9.17, 15) is 4.79 Å². The number of rotatable bonds is 4. The first kappa shape index (κ1) is 13.3. The second kappa shape index (κ2) is 6.18. The van der Waals surface area contributed by atoms with E-state index in [1.54, 1.807) is 0 Å². The van der Waals surface area contributed by atoms with Crippen molar-refractivity contribution in [3.63, 3.8) is 0 Å². The van der Waals surface area contributed by atoms with Crippen molar-refractivity contribution in [2.45, 2.75) is 19.0 Å². The molecule has 1 fully saturated rings. The summed E-state index contributed by atoms with van der Waals surface area (Å²) in [7, 11) is 0. The van der Waals surface area contributed by atoms with Crippen molar-refractivity contribution in [2.75, 3.05) is 19.6 Å². The second-order valence-electron chi connectivity index (χ2n) is 4.69. The van der Waals surface area contributed by atoms with Crippen LogP contribution in [0.2, 0.25) is 5.02 Å². The summed E-state index contributed by atoms with van der Waals surface area (Å²) in [5.74, 6) is 0.0408. The maximum absolute atomic E-state index is 11.7. The molecule has 2 rings (SSSR count). The first-order chi connectivity index (χ1) is 8.63. The molecule has 0 saturated carbocycles. The molecule has 5 heteroatoms. The first-order valence-electron chi connectivity index (χ1n) is 6.12. The Bertz CT molecular complexity index is 407. The van der Waals surface area contributed by atoms with Gasteiger partial charge >= 0.3 is 0 Å². The summed E-state index contributed by atoms with van der Waals surface area (Å²) in [6.45, 7) is 2.70. The van der Waals surface area contributed by atoms with Gasteiger partial charge in [-0.3, -0.25) is 9.69 Å². The predicted octanol–water partition coefficient (Wildman–Crippen LogP) is 0.989. The van der Waals surface area contributed by atoms with Crippen LogP contribution in [0.3, 0.4) is 0 Å². The lowest BCUT2D eigenvalue weighted by Gasteiger charge is -2.14. The van der Waals surface area contributed by atoms with Crippen LogP contribution < -0.4 is 11.1 Å². The van der Waals surface area contributed by atoms with Gasteiger partial charge in [-0.05, 0) is 24.1 Å². The number of hydrogen-bond acceptors (Lipinski definition) is 3. The normalized spacial score (nSPS) is 20.0. The molecule has 1 aliphatic rings. The van der Waals surface area contributed by atoms with Gasteiger partial charge in [-0.25, -0.2) is 0 Å². The largest absolute Gasteiger partial charge is 0.351 e. The van der Waals surface area contributed by atoms with Crippen LogP contribution >= 0.6 is 11.6 Å². The highest BCUT2D eigenvalue weighted by Crippen LogP contribution is 2.09. The molecule has 1 amide bonds. The van der Waals surface area contributed by atoms with Gasteiger partial charge in [0.2, 0.25) is 5.91 Å². The Morgan fingerprint density at radius 3 is 2.78 bits per heavy atom. The highest BCUT2D eigenvalue weighted by atomic mass is 35.5. The van der Waals surface area contributed by atoms with Gasteiger partial charge in [-0.2, -0.15) is 0 Å². The van der Waals surface area contributed by atoms with Crippen molar-refractivity contribution in [2.24, 2.45) is 5.73 Å². The van der Waals surface area contributed by atoms with Gasteiger partial charge in [0.05, 0.1) is 6.54 Å². The van der Waals surface area contributed by atoms with Crippen molar-refractivity contribution in [3.05, 3.63) is 34.9 Å². The van der Waals surface area contributed by atoms with Crippen LogP contribution in [-0.2, 0) is 11.3 Å². The van der Waals surface area contributed by atoms with Crippen LogP contribution in [0.25, 0.3) is 0 Å². The van der Waals surface area contributed by atoms with Gasteiger partial charge in [0.15, 0.2) is 0 Å². The molecule has 98 valence electrons. The van der Waals surface area contributed by atoms with Crippen LogP contribution in [0.4, 0.5) is 0 Å². The SMILES string of the molecule is NC1CCN(CC(=O)NCc2ccc(Cl)cc2)C1. The van der Waals surface area contributed by atoms with E-state index >= 15 is 0 Å². The number of nitrogens with two attached hydrogens (primary N) is 1. The third-order valence-corrected chi connectivity index (χ3v) is 3.33. The molecule has 1 aromatic carbocycles. The third-order valence-electron chi connectivity index (χ3n) is 3.08. The minimum absolute atomic E-state index is 0.0408. The molecule has 4 nitrogen and oxygen atoms in total. The number of carbonyl (C=O) groups excluding carboxylic acids is 1. The molecule has 1 aliphatic heterocycles. The molecule has 0 aromatic heterocycles. The number of hydrogen-bond donors (Lipinski definition) is 2. The van der Waals surface area contributed by atoms with Gasteiger partial charge in [0, 0.05) is 30.7 Å². The first-order valence-corrected chi connectivity index (χ1v) is 6.50. The Labute approximate surface area is 112 Å². The molecule has 1 atom stereocenters. The summed E-state index contributed by atoms with van der Waals surface area (Å²) in [6.07, 6.45) is 0.977. The number of nitrogens with one attached hydrogen (secondary N) is 1. The smallest absolute Gasteiger partial charge is 0.234 e. The molecule has 0 bridgehead atoms. The van der Waals surface area contributed by atoms with Crippen LogP contribution in [-0.4, -0.2) is 36.5 Å². The predicted molar refractivity (Wildman–Crippen MR) is 72.3 cm³/mol. The Balaban J connectivity index is 1.73. The Morgan fingerprint density at radius 2 is 2.17 bits per heavy atom. The average Bonchev–Trinajstić information content (AvgIpc) is 2.74. The molecule has 1 heterocycles. The Morgan fingerprint density at radius 1 is 1.44 bits per heavy atom. The topological polar surface area (TPSA) is 58.4 Å². The molecule has 3 N–H and O–H groups in total. The van der Waals surface area contributed by atoms with Crippen LogP contribution in [0.1, 0.15) is 12.0 Å². The number of halogens is 1. The number of nitrogens with zero attached hydrogens (tertiary/aromatic N) is 1. The number of carbonyl (C=O) groups is 1. The Kier molecular flexibility index (Phi) is 4.58. The maximum atomic E-state index is 11.7. The van der Waals surface area contributed by atoms with Crippen LogP contribution in [0.5, 0.6) is 0 Å². The molecule has 0 aliphatic carbocycles. The van der Waals surface area contributed by atoms with Crippen LogP contribution in [0.15, 0.2) is 24.3 Å². The minimum Gasteiger partial charge on any atom is -0.351 e. The number of benzene rings is 1. The van der Waals surface area contributed by atoms with Crippen molar-refractivity contribution in [3.8, 4) is 0 Å². The zero-order chi connectivity index (χ0) is 13.0. The summed E-state index contributed by atoms with van der Waals surface area (Å²) in [5, 5.41) is 3.60. The lowest BCUT2D eigenvalue weighted by atomic mass is 10.2. The lowest BCUT2D eigenvalue weighted by Crippen LogP contribution is -2.37. The molecule has 1 aromatic rings. The van der Waals surface area contributed by atoms with Gasteiger partial charge in [-0.15, -0.1) is 0 Å². The molecule has 1 saturated heterocycles. The average molecular weight is 268 g/mol. The highest BCUT2D eigenvalue weighted by molar-refractivity contribution is 6.30. The molecule has 0 radical (unpaired) electrons. The number of likely N-dealkylation sites (tertiary alicyclic amines) is 1. The van der Waals surface area contributed by atoms with Crippen LogP contribution in [0, 0.1) is 0 Å². The van der Waals surface area contributed by atoms with E-state index in [4.69, 9.17) is 17.3 Å². The minimum atomic E-state index is 0.0408. The van der Waals surface area contributed by atoms with E-state index in [-0.39, 0.29) is 11.9 Å². The summed E-state index contributed by atoms with van der Waals surface area (Å²) in [6, 6.07) is 7.68. The van der Waals surface area contributed by atoms with Crippen molar-refractivity contribution in [1.82, 2.24) is 10.2 Å². The van der Waals surface area contributed by atoms with Crippen molar-refractivity contribution >= 4 is 17.5 Å². The third kappa shape index (κ3) is 3.98. The van der Waals surface area contributed by atoms with E-state index < -0.39 is 0 Å². The molecule has 18 heavy (non-hydrogen) atoms. The summed E-state index contributed by atoms with van der Waals surface area (Å²) >= 11 is 5.80. The Hall–Kier alpha value is -1.10. The monoisotopic (exact) mass is 267 g/mol. The summed E-state index contributed by atoms with van der Waals surface area (Å²) in [5.41, 5.74) is 6.84. The van der Waals surface area contributed by atoms with E-state index in [0.29, 0.717) is 18.1 Å². The van der Waals surface area contributed by atoms with E-state index in [1.807, 2.05) is 24.3 Å². The highest BCUT2D eigenvalue weighted by Gasteiger charge is 2.20. The zero-order valence-electron chi connectivity index (χ0n) is 10.2. The maximum Gasteiger partial charge on any atom is 0.234 e. The van der Waals surface area contributed by atoms with Gasteiger partial charge in [0.25, 0.3) is 0 Å². The van der Waals surface area contributed by atoms with E-state index in [1.165, 1.54) is 0 Å². The van der Waals surface area contributed by atoms with Gasteiger partial charge < -0.3 is 11.1 Å². The molecular weight excluding hydrogens is 250 g/mol. The van der Waals surface area contributed by atoms with Gasteiger partial charge in [0.1, 0.15) is 0 Å². The van der Waals surface area contributed by atoms with Gasteiger partial charge in [-0.1, -0.05) is 23.7 Å². The molecule has 0 spiro atoms. The fourth-order valence-corrected chi connectivity index (χ4v) is 2.19. The summed E-state index contributed by atoms with van der Waals surface area (Å²) in [4.78, 5) is 13.8. The van der Waals surface area contributed by atoms with Crippen molar-refractivity contribution in [1.29, 1.82) is 0 Å². The molecular formula is C13H18ClN3O. The molecule has 1 unspecified atom stereocenters. The standard InChI is InChI=1S/C13H18ClN3O/c14-11-3-1-10(2-4-11)7-16-13(18)9-17-6-5-12(15)8-17/h1-4,12H,5-9,15H2,(H,16,18). The van der Waals surface area contributed by atoms with E-state index in [0.717, 1.165) is 25.1 Å². The lowest BCUT2D eigenvalue weighted by molar-refractivity contribution is -0.122. The fraction of sp³-hybridized carbons (Fsp3) is 0.462. The zero-order valence-corrected chi connectivity index (χ0v) is 11.0. The quantitative estimate of drug-likeness (QED) is 0.855. The second-order valence-corrected chi connectivity index (χ2v) is 5.12. The fourth-order valence-electron chi connectivity index (χ4n) is 2.07. The van der Waals surface area contributed by atoms with E-state index in [2.05, 4.69) is 10.2 Å².